The Balaban J connectivity index is 1.72. The second-order valence-electron chi connectivity index (χ2n) is 5.41. The van der Waals surface area contributed by atoms with Crippen molar-refractivity contribution in [3.05, 3.63) is 36.0 Å². The lowest BCUT2D eigenvalue weighted by molar-refractivity contribution is 0.0536. The highest BCUT2D eigenvalue weighted by Crippen LogP contribution is 2.20. The molecule has 1 aromatic heterocycles. The molecular formula is C16H19N3O2. The molecule has 5 nitrogen and oxygen atoms in total. The summed E-state index contributed by atoms with van der Waals surface area (Å²) in [7, 11) is 0. The van der Waals surface area contributed by atoms with Gasteiger partial charge in [-0.1, -0.05) is 24.3 Å². The lowest BCUT2D eigenvalue weighted by Crippen LogP contribution is -2.33. The largest absolute Gasteiger partial charge is 0.383 e. The van der Waals surface area contributed by atoms with Crippen LogP contribution < -0.4 is 11.1 Å². The Morgan fingerprint density at radius 2 is 2.29 bits per heavy atom. The minimum atomic E-state index is -0.182. The maximum atomic E-state index is 12.2. The number of fused-ring (bicyclic) bond motifs is 1. The summed E-state index contributed by atoms with van der Waals surface area (Å²) >= 11 is 0. The number of rotatable bonds is 3. The molecule has 5 heteroatoms. The number of pyridine rings is 1. The maximum absolute atomic E-state index is 12.2. The number of ether oxygens (including phenoxy) is 1. The van der Waals surface area contributed by atoms with Crippen LogP contribution in [0.5, 0.6) is 0 Å². The first-order valence-electron chi connectivity index (χ1n) is 7.25. The lowest BCUT2D eigenvalue weighted by atomic mass is 10.0. The molecule has 1 aromatic carbocycles. The molecule has 0 bridgehead atoms. The van der Waals surface area contributed by atoms with E-state index in [-0.39, 0.29) is 5.91 Å². The summed E-state index contributed by atoms with van der Waals surface area (Å²) in [6, 6.07) is 9.43. The van der Waals surface area contributed by atoms with Crippen LogP contribution >= 0.6 is 0 Å². The van der Waals surface area contributed by atoms with Crippen molar-refractivity contribution < 1.29 is 9.53 Å². The molecule has 0 radical (unpaired) electrons. The second-order valence-corrected chi connectivity index (χ2v) is 5.41. The van der Waals surface area contributed by atoms with Crippen molar-refractivity contribution in [2.45, 2.75) is 12.8 Å². The molecule has 0 aliphatic carbocycles. The third kappa shape index (κ3) is 3.13. The third-order valence-corrected chi connectivity index (χ3v) is 3.81. The SMILES string of the molecule is Nc1nc(C(=O)NCC2CCCOC2)cc2ccccc12. The number of amides is 1. The topological polar surface area (TPSA) is 77.2 Å². The van der Waals surface area contributed by atoms with Crippen molar-refractivity contribution in [1.82, 2.24) is 10.3 Å². The van der Waals surface area contributed by atoms with E-state index >= 15 is 0 Å². The van der Waals surface area contributed by atoms with Gasteiger partial charge in [0.05, 0.1) is 6.61 Å². The zero-order chi connectivity index (χ0) is 14.7. The molecular weight excluding hydrogens is 266 g/mol. The Kier molecular flexibility index (Phi) is 4.01. The first-order chi connectivity index (χ1) is 10.2. The summed E-state index contributed by atoms with van der Waals surface area (Å²) in [4.78, 5) is 16.4. The predicted molar refractivity (Wildman–Crippen MR) is 82.0 cm³/mol. The Bertz CT molecular complexity index is 651. The van der Waals surface area contributed by atoms with E-state index in [1.165, 1.54) is 0 Å². The average molecular weight is 285 g/mol. The summed E-state index contributed by atoms with van der Waals surface area (Å²) < 4.78 is 5.41. The number of nitrogens with two attached hydrogens (primary N) is 1. The molecule has 1 unspecified atom stereocenters. The minimum Gasteiger partial charge on any atom is -0.383 e. The lowest BCUT2D eigenvalue weighted by Gasteiger charge is -2.22. The molecule has 0 spiro atoms. The zero-order valence-electron chi connectivity index (χ0n) is 11.8. The van der Waals surface area contributed by atoms with Gasteiger partial charge in [-0.3, -0.25) is 4.79 Å². The highest BCUT2D eigenvalue weighted by Gasteiger charge is 2.16. The molecule has 1 aliphatic heterocycles. The molecule has 21 heavy (non-hydrogen) atoms. The van der Waals surface area contributed by atoms with Gasteiger partial charge in [-0.25, -0.2) is 4.98 Å². The van der Waals surface area contributed by atoms with Gasteiger partial charge in [-0.05, 0) is 30.2 Å². The van der Waals surface area contributed by atoms with Crippen LogP contribution in [0.25, 0.3) is 10.8 Å². The quantitative estimate of drug-likeness (QED) is 0.904. The molecule has 2 aromatic rings. The summed E-state index contributed by atoms with van der Waals surface area (Å²) in [5.41, 5.74) is 6.29. The van der Waals surface area contributed by atoms with E-state index in [1.54, 1.807) is 6.07 Å². The van der Waals surface area contributed by atoms with E-state index in [1.807, 2.05) is 24.3 Å². The minimum absolute atomic E-state index is 0.182. The summed E-state index contributed by atoms with van der Waals surface area (Å²) in [5, 5.41) is 4.72. The van der Waals surface area contributed by atoms with Gasteiger partial charge in [0.2, 0.25) is 0 Å². The molecule has 110 valence electrons. The molecule has 1 amide bonds. The van der Waals surface area contributed by atoms with E-state index in [0.717, 1.165) is 30.2 Å². The van der Waals surface area contributed by atoms with Gasteiger partial charge in [-0.15, -0.1) is 0 Å². The molecule has 1 saturated heterocycles. The van der Waals surface area contributed by atoms with Gasteiger partial charge < -0.3 is 15.8 Å². The normalized spacial score (nSPS) is 18.6. The molecule has 1 atom stereocenters. The number of benzene rings is 1. The van der Waals surface area contributed by atoms with Crippen LogP contribution in [0, 0.1) is 5.92 Å². The third-order valence-electron chi connectivity index (χ3n) is 3.81. The number of hydrogen-bond acceptors (Lipinski definition) is 4. The average Bonchev–Trinajstić information content (AvgIpc) is 2.53. The van der Waals surface area contributed by atoms with Crippen molar-refractivity contribution in [3.8, 4) is 0 Å². The number of aromatic nitrogens is 1. The highest BCUT2D eigenvalue weighted by molar-refractivity contribution is 5.99. The number of hydrogen-bond donors (Lipinski definition) is 2. The fourth-order valence-corrected chi connectivity index (χ4v) is 2.64. The van der Waals surface area contributed by atoms with Crippen LogP contribution in [0.4, 0.5) is 5.82 Å². The molecule has 3 rings (SSSR count). The van der Waals surface area contributed by atoms with E-state index in [2.05, 4.69) is 10.3 Å². The maximum Gasteiger partial charge on any atom is 0.270 e. The van der Waals surface area contributed by atoms with E-state index in [4.69, 9.17) is 10.5 Å². The van der Waals surface area contributed by atoms with E-state index < -0.39 is 0 Å². The van der Waals surface area contributed by atoms with Gasteiger partial charge in [-0.2, -0.15) is 0 Å². The highest BCUT2D eigenvalue weighted by atomic mass is 16.5. The Labute approximate surface area is 123 Å². The number of carbonyl (C=O) groups is 1. The van der Waals surface area contributed by atoms with E-state index in [9.17, 15) is 4.79 Å². The predicted octanol–water partition coefficient (Wildman–Crippen LogP) is 1.97. The van der Waals surface area contributed by atoms with Crippen LogP contribution in [0.3, 0.4) is 0 Å². The van der Waals surface area contributed by atoms with Crippen molar-refractivity contribution in [3.63, 3.8) is 0 Å². The van der Waals surface area contributed by atoms with Crippen molar-refractivity contribution in [2.75, 3.05) is 25.5 Å². The fourth-order valence-electron chi connectivity index (χ4n) is 2.64. The number of nitrogens with zero attached hydrogens (tertiary/aromatic N) is 1. The zero-order valence-corrected chi connectivity index (χ0v) is 11.8. The summed E-state index contributed by atoms with van der Waals surface area (Å²) in [6.07, 6.45) is 2.15. The van der Waals surface area contributed by atoms with Crippen LogP contribution in [-0.4, -0.2) is 30.6 Å². The molecule has 0 saturated carbocycles. The molecule has 2 heterocycles. The first kappa shape index (κ1) is 13.8. The number of nitrogen functional groups attached to an aromatic ring is 1. The van der Waals surface area contributed by atoms with Crippen molar-refractivity contribution >= 4 is 22.5 Å². The van der Waals surface area contributed by atoms with Crippen molar-refractivity contribution in [2.24, 2.45) is 5.92 Å². The van der Waals surface area contributed by atoms with Gasteiger partial charge in [0.1, 0.15) is 11.5 Å². The van der Waals surface area contributed by atoms with Crippen LogP contribution in [-0.2, 0) is 4.74 Å². The Morgan fingerprint density at radius 1 is 1.43 bits per heavy atom. The van der Waals surface area contributed by atoms with Crippen LogP contribution in [0.1, 0.15) is 23.3 Å². The fraction of sp³-hybridized carbons (Fsp3) is 0.375. The standard InChI is InChI=1S/C16H19N3O2/c17-15-13-6-2-1-5-12(13)8-14(19-15)16(20)18-9-11-4-3-7-21-10-11/h1-2,5-6,8,11H,3-4,7,9-10H2,(H2,17,19)(H,18,20). The first-order valence-corrected chi connectivity index (χ1v) is 7.25. The van der Waals surface area contributed by atoms with Gasteiger partial charge in [0.25, 0.3) is 5.91 Å². The van der Waals surface area contributed by atoms with Gasteiger partial charge in [0, 0.05) is 18.5 Å². The number of carbonyl (C=O) groups excluding carboxylic acids is 1. The Morgan fingerprint density at radius 3 is 3.10 bits per heavy atom. The smallest absolute Gasteiger partial charge is 0.270 e. The number of nitrogens with one attached hydrogen (secondary N) is 1. The number of anilines is 1. The van der Waals surface area contributed by atoms with Crippen LogP contribution in [0.15, 0.2) is 30.3 Å². The van der Waals surface area contributed by atoms with Crippen molar-refractivity contribution in [1.29, 1.82) is 0 Å². The molecule has 1 aliphatic rings. The van der Waals surface area contributed by atoms with Gasteiger partial charge >= 0.3 is 0 Å². The monoisotopic (exact) mass is 285 g/mol. The molecule has 3 N–H and O–H groups in total. The van der Waals surface area contributed by atoms with Gasteiger partial charge in [0.15, 0.2) is 0 Å². The van der Waals surface area contributed by atoms with E-state index in [0.29, 0.717) is 30.6 Å². The summed E-state index contributed by atoms with van der Waals surface area (Å²) in [6.45, 7) is 2.16. The Hall–Kier alpha value is -2.14. The second kappa shape index (κ2) is 6.10. The molecule has 1 fully saturated rings. The van der Waals surface area contributed by atoms with Crippen LogP contribution in [0.2, 0.25) is 0 Å². The summed E-state index contributed by atoms with van der Waals surface area (Å²) in [5.74, 6) is 0.595.